The molecule has 1 amide bonds. The van der Waals surface area contributed by atoms with Crippen LogP contribution in [0.25, 0.3) is 0 Å². The molecule has 0 unspecified atom stereocenters. The van der Waals surface area contributed by atoms with Gasteiger partial charge in [0.25, 0.3) is 5.91 Å². The third-order valence-electron chi connectivity index (χ3n) is 5.11. The molecule has 0 aliphatic carbocycles. The van der Waals surface area contributed by atoms with E-state index in [0.717, 1.165) is 11.8 Å². The number of nitrogens with one attached hydrogen (secondary N) is 2. The SMILES string of the molecule is COc1ccc(S(=O)(=O)NC(C)C)cc1NC(=O)c1ccc(N(Cc2ccccc2)S(C)(=O)=O)cc1. The Balaban J connectivity index is 1.85. The minimum absolute atomic E-state index is 0.0210. The molecule has 36 heavy (non-hydrogen) atoms. The Morgan fingerprint density at radius 1 is 0.944 bits per heavy atom. The molecule has 0 atom stereocenters. The standard InChI is InChI=1S/C25H29N3O6S2/c1-18(2)27-36(32,33)22-14-15-24(34-3)23(16-22)26-25(29)20-10-12-21(13-11-20)28(35(4,30)31)17-19-8-6-5-7-9-19/h5-16,18,27H,17H2,1-4H3,(H,26,29). The van der Waals surface area contributed by atoms with Gasteiger partial charge in [0.05, 0.1) is 36.2 Å². The van der Waals surface area contributed by atoms with E-state index in [4.69, 9.17) is 4.74 Å². The number of sulfonamides is 2. The summed E-state index contributed by atoms with van der Waals surface area (Å²) in [5.74, 6) is -0.227. The largest absolute Gasteiger partial charge is 0.495 e. The zero-order chi connectivity index (χ0) is 26.5. The maximum absolute atomic E-state index is 12.9. The van der Waals surface area contributed by atoms with Crippen LogP contribution in [-0.2, 0) is 26.6 Å². The number of benzene rings is 3. The second-order valence-corrected chi connectivity index (χ2v) is 12.0. The van der Waals surface area contributed by atoms with Gasteiger partial charge in [-0.2, -0.15) is 0 Å². The molecule has 192 valence electrons. The highest BCUT2D eigenvalue weighted by Crippen LogP contribution is 2.28. The van der Waals surface area contributed by atoms with Crippen molar-refractivity contribution in [3.8, 4) is 5.75 Å². The maximum atomic E-state index is 12.9. The van der Waals surface area contributed by atoms with Gasteiger partial charge in [-0.25, -0.2) is 21.6 Å². The summed E-state index contributed by atoms with van der Waals surface area (Å²) in [5.41, 5.74) is 1.66. The molecule has 0 heterocycles. The predicted molar refractivity (Wildman–Crippen MR) is 140 cm³/mol. The van der Waals surface area contributed by atoms with E-state index in [-0.39, 0.29) is 34.5 Å². The highest BCUT2D eigenvalue weighted by molar-refractivity contribution is 7.92. The van der Waals surface area contributed by atoms with E-state index < -0.39 is 26.0 Å². The summed E-state index contributed by atoms with van der Waals surface area (Å²) in [7, 11) is -5.95. The van der Waals surface area contributed by atoms with Crippen molar-refractivity contribution in [3.63, 3.8) is 0 Å². The van der Waals surface area contributed by atoms with Crippen LogP contribution in [0.2, 0.25) is 0 Å². The van der Waals surface area contributed by atoms with Crippen LogP contribution >= 0.6 is 0 Å². The Morgan fingerprint density at radius 3 is 2.14 bits per heavy atom. The van der Waals surface area contributed by atoms with E-state index in [0.29, 0.717) is 5.69 Å². The van der Waals surface area contributed by atoms with Crippen molar-refractivity contribution in [2.24, 2.45) is 0 Å². The molecule has 0 radical (unpaired) electrons. The molecule has 0 saturated heterocycles. The van der Waals surface area contributed by atoms with Crippen molar-refractivity contribution in [1.29, 1.82) is 0 Å². The van der Waals surface area contributed by atoms with E-state index in [9.17, 15) is 21.6 Å². The zero-order valence-corrected chi connectivity index (χ0v) is 22.1. The average molecular weight is 532 g/mol. The van der Waals surface area contributed by atoms with Gasteiger partial charge in [-0.3, -0.25) is 9.10 Å². The molecule has 2 N–H and O–H groups in total. The minimum Gasteiger partial charge on any atom is -0.495 e. The minimum atomic E-state index is -3.78. The van der Waals surface area contributed by atoms with Crippen LogP contribution in [0.1, 0.15) is 29.8 Å². The van der Waals surface area contributed by atoms with Crippen LogP contribution in [-0.4, -0.2) is 42.2 Å². The fraction of sp³-hybridized carbons (Fsp3) is 0.240. The van der Waals surface area contributed by atoms with Crippen molar-refractivity contribution >= 4 is 37.3 Å². The monoisotopic (exact) mass is 531 g/mol. The van der Waals surface area contributed by atoms with Gasteiger partial charge in [-0.15, -0.1) is 0 Å². The molecule has 3 aromatic rings. The number of carbonyl (C=O) groups excluding carboxylic acids is 1. The highest BCUT2D eigenvalue weighted by atomic mass is 32.2. The molecule has 0 spiro atoms. The van der Waals surface area contributed by atoms with Gasteiger partial charge in [0.2, 0.25) is 20.0 Å². The Hall–Kier alpha value is -3.41. The van der Waals surface area contributed by atoms with Crippen molar-refractivity contribution in [1.82, 2.24) is 4.72 Å². The smallest absolute Gasteiger partial charge is 0.255 e. The number of carbonyl (C=O) groups is 1. The lowest BCUT2D eigenvalue weighted by Gasteiger charge is -2.22. The molecule has 0 aliphatic rings. The van der Waals surface area contributed by atoms with E-state index in [1.54, 1.807) is 26.0 Å². The number of nitrogens with zero attached hydrogens (tertiary/aromatic N) is 1. The number of anilines is 2. The Bertz CT molecular complexity index is 1420. The summed E-state index contributed by atoms with van der Waals surface area (Å²) in [6, 6.07) is 19.1. The number of hydrogen-bond donors (Lipinski definition) is 2. The van der Waals surface area contributed by atoms with Crippen molar-refractivity contribution in [3.05, 3.63) is 83.9 Å². The second-order valence-electron chi connectivity index (χ2n) is 8.39. The third kappa shape index (κ3) is 6.84. The molecule has 0 bridgehead atoms. The Morgan fingerprint density at radius 2 is 1.58 bits per heavy atom. The molecular weight excluding hydrogens is 502 g/mol. The van der Waals surface area contributed by atoms with Crippen molar-refractivity contribution < 1.29 is 26.4 Å². The molecule has 0 aliphatic heterocycles. The number of hydrogen-bond acceptors (Lipinski definition) is 6. The molecule has 0 fully saturated rings. The first kappa shape index (κ1) is 27.2. The zero-order valence-electron chi connectivity index (χ0n) is 20.4. The average Bonchev–Trinajstić information content (AvgIpc) is 2.82. The first-order chi connectivity index (χ1) is 16.9. The molecule has 3 rings (SSSR count). The summed E-state index contributed by atoms with van der Waals surface area (Å²) in [6.45, 7) is 3.56. The number of ether oxygens (including phenoxy) is 1. The Kier molecular flexibility index (Phi) is 8.39. The van der Waals surface area contributed by atoms with Gasteiger partial charge in [0.15, 0.2) is 0 Å². The maximum Gasteiger partial charge on any atom is 0.255 e. The first-order valence-corrected chi connectivity index (χ1v) is 14.4. The molecule has 11 heteroatoms. The van der Waals surface area contributed by atoms with E-state index in [1.807, 2.05) is 30.3 Å². The van der Waals surface area contributed by atoms with Gasteiger partial charge >= 0.3 is 0 Å². The van der Waals surface area contributed by atoms with Crippen LogP contribution < -0.4 is 19.1 Å². The van der Waals surface area contributed by atoms with Crippen LogP contribution in [0.3, 0.4) is 0 Å². The van der Waals surface area contributed by atoms with Crippen LogP contribution in [0.5, 0.6) is 5.75 Å². The van der Waals surface area contributed by atoms with Gasteiger partial charge < -0.3 is 10.1 Å². The molecule has 0 aromatic heterocycles. The van der Waals surface area contributed by atoms with E-state index in [1.165, 1.54) is 41.7 Å². The third-order valence-corrected chi connectivity index (χ3v) is 7.90. The Labute approximate surface area is 212 Å². The predicted octanol–water partition coefficient (Wildman–Crippen LogP) is 3.60. The lowest BCUT2D eigenvalue weighted by atomic mass is 10.1. The lowest BCUT2D eigenvalue weighted by Crippen LogP contribution is -2.30. The molecule has 9 nitrogen and oxygen atoms in total. The fourth-order valence-corrected chi connectivity index (χ4v) is 5.62. The second kappa shape index (κ2) is 11.1. The highest BCUT2D eigenvalue weighted by Gasteiger charge is 2.20. The van der Waals surface area contributed by atoms with Gasteiger partial charge in [0, 0.05) is 11.6 Å². The van der Waals surface area contributed by atoms with Gasteiger partial charge in [-0.1, -0.05) is 30.3 Å². The summed E-state index contributed by atoms with van der Waals surface area (Å²) >= 11 is 0. The van der Waals surface area contributed by atoms with Crippen LogP contribution in [0.15, 0.2) is 77.7 Å². The lowest BCUT2D eigenvalue weighted by molar-refractivity contribution is 0.102. The summed E-state index contributed by atoms with van der Waals surface area (Å²) < 4.78 is 59.0. The number of amides is 1. The molecule has 3 aromatic carbocycles. The summed E-state index contributed by atoms with van der Waals surface area (Å²) in [5, 5.41) is 2.67. The summed E-state index contributed by atoms with van der Waals surface area (Å²) in [4.78, 5) is 12.9. The first-order valence-electron chi connectivity index (χ1n) is 11.0. The van der Waals surface area contributed by atoms with Crippen molar-refractivity contribution in [2.75, 3.05) is 23.0 Å². The van der Waals surface area contributed by atoms with E-state index in [2.05, 4.69) is 10.0 Å². The molecule has 0 saturated carbocycles. The fourth-order valence-electron chi connectivity index (χ4n) is 3.45. The molecular formula is C25H29N3O6S2. The topological polar surface area (TPSA) is 122 Å². The van der Waals surface area contributed by atoms with Crippen LogP contribution in [0, 0.1) is 0 Å². The normalized spacial score (nSPS) is 11.8. The number of methoxy groups -OCH3 is 1. The van der Waals surface area contributed by atoms with Crippen LogP contribution in [0.4, 0.5) is 11.4 Å². The van der Waals surface area contributed by atoms with Crippen molar-refractivity contribution in [2.45, 2.75) is 31.3 Å². The van der Waals surface area contributed by atoms with E-state index >= 15 is 0 Å². The van der Waals surface area contributed by atoms with Gasteiger partial charge in [-0.05, 0) is 61.9 Å². The number of rotatable bonds is 10. The van der Waals surface area contributed by atoms with Gasteiger partial charge in [0.1, 0.15) is 5.75 Å². The summed E-state index contributed by atoms with van der Waals surface area (Å²) in [6.07, 6.45) is 1.12. The quantitative estimate of drug-likeness (QED) is 0.412.